The Morgan fingerprint density at radius 1 is 1.15 bits per heavy atom. The lowest BCUT2D eigenvalue weighted by molar-refractivity contribution is 0.414. The molecule has 5 heteroatoms. The SMILES string of the molecule is CN=C(NCCc1cccc(OC)c1)N1CC=C(c2ccccc2)CC1.I. The minimum absolute atomic E-state index is 0. The highest BCUT2D eigenvalue weighted by atomic mass is 127. The van der Waals surface area contributed by atoms with E-state index in [4.69, 9.17) is 4.74 Å². The number of hydrogen-bond acceptors (Lipinski definition) is 2. The Bertz CT molecular complexity index is 774. The van der Waals surface area contributed by atoms with Gasteiger partial charge in [0.2, 0.25) is 0 Å². The number of ether oxygens (including phenoxy) is 1. The molecule has 0 amide bonds. The summed E-state index contributed by atoms with van der Waals surface area (Å²) >= 11 is 0. The van der Waals surface area contributed by atoms with Crippen LogP contribution in [-0.4, -0.2) is 44.7 Å². The third-order valence-corrected chi connectivity index (χ3v) is 4.70. The monoisotopic (exact) mass is 477 g/mol. The van der Waals surface area contributed by atoms with E-state index in [0.717, 1.165) is 44.2 Å². The quantitative estimate of drug-likeness (QED) is 0.398. The van der Waals surface area contributed by atoms with Crippen molar-refractivity contribution in [3.05, 3.63) is 71.8 Å². The van der Waals surface area contributed by atoms with Gasteiger partial charge in [0.15, 0.2) is 5.96 Å². The first-order valence-corrected chi connectivity index (χ1v) is 9.13. The zero-order valence-corrected chi connectivity index (χ0v) is 18.4. The van der Waals surface area contributed by atoms with Gasteiger partial charge in [0, 0.05) is 26.7 Å². The Kier molecular flexibility index (Phi) is 8.64. The van der Waals surface area contributed by atoms with E-state index in [9.17, 15) is 0 Å². The summed E-state index contributed by atoms with van der Waals surface area (Å²) < 4.78 is 5.29. The second-order valence-electron chi connectivity index (χ2n) is 6.37. The van der Waals surface area contributed by atoms with Crippen LogP contribution in [-0.2, 0) is 6.42 Å². The molecule has 0 radical (unpaired) electrons. The first-order chi connectivity index (χ1) is 12.8. The van der Waals surface area contributed by atoms with Gasteiger partial charge in [0.1, 0.15) is 5.75 Å². The highest BCUT2D eigenvalue weighted by Crippen LogP contribution is 2.22. The molecule has 27 heavy (non-hydrogen) atoms. The second-order valence-corrected chi connectivity index (χ2v) is 6.37. The number of nitrogens with zero attached hydrogens (tertiary/aromatic N) is 2. The zero-order chi connectivity index (χ0) is 18.2. The fourth-order valence-corrected chi connectivity index (χ4v) is 3.25. The Morgan fingerprint density at radius 2 is 1.96 bits per heavy atom. The summed E-state index contributed by atoms with van der Waals surface area (Å²) in [5.74, 6) is 1.87. The lowest BCUT2D eigenvalue weighted by atomic mass is 10.00. The summed E-state index contributed by atoms with van der Waals surface area (Å²) in [6.07, 6.45) is 4.30. The van der Waals surface area contributed by atoms with Crippen molar-refractivity contribution >= 4 is 35.5 Å². The van der Waals surface area contributed by atoms with E-state index in [1.165, 1.54) is 16.7 Å². The number of nitrogens with one attached hydrogen (secondary N) is 1. The molecule has 0 unspecified atom stereocenters. The number of methoxy groups -OCH3 is 1. The molecular formula is C22H28IN3O. The van der Waals surface area contributed by atoms with Crippen LogP contribution in [0.4, 0.5) is 0 Å². The molecule has 2 aromatic rings. The standard InChI is InChI=1S/C22H27N3O.HI/c1-23-22(24-14-11-18-7-6-10-21(17-18)26-2)25-15-12-20(13-16-25)19-8-4-3-5-9-19;/h3-10,12,17H,11,13-16H2,1-2H3,(H,23,24);1H. The van der Waals surface area contributed by atoms with Gasteiger partial charge < -0.3 is 15.0 Å². The van der Waals surface area contributed by atoms with Crippen molar-refractivity contribution in [1.29, 1.82) is 0 Å². The highest BCUT2D eigenvalue weighted by Gasteiger charge is 2.15. The third kappa shape index (κ3) is 5.99. The van der Waals surface area contributed by atoms with Crippen LogP contribution in [0.3, 0.4) is 0 Å². The molecule has 1 aliphatic rings. The molecule has 0 saturated carbocycles. The van der Waals surface area contributed by atoms with Crippen molar-refractivity contribution in [3.8, 4) is 5.75 Å². The van der Waals surface area contributed by atoms with Crippen molar-refractivity contribution in [2.75, 3.05) is 33.8 Å². The van der Waals surface area contributed by atoms with Gasteiger partial charge in [0.05, 0.1) is 7.11 Å². The van der Waals surface area contributed by atoms with Crippen LogP contribution in [0.1, 0.15) is 17.5 Å². The molecule has 1 heterocycles. The number of aliphatic imine (C=N–C) groups is 1. The van der Waals surface area contributed by atoms with E-state index < -0.39 is 0 Å². The van der Waals surface area contributed by atoms with Crippen molar-refractivity contribution in [2.24, 2.45) is 4.99 Å². The van der Waals surface area contributed by atoms with Gasteiger partial charge >= 0.3 is 0 Å². The molecule has 0 aromatic heterocycles. The van der Waals surface area contributed by atoms with Gasteiger partial charge in [-0.05, 0) is 41.7 Å². The lowest BCUT2D eigenvalue weighted by Gasteiger charge is -2.29. The summed E-state index contributed by atoms with van der Waals surface area (Å²) in [4.78, 5) is 6.76. The van der Waals surface area contributed by atoms with Gasteiger partial charge in [-0.25, -0.2) is 0 Å². The molecule has 3 rings (SSSR count). The van der Waals surface area contributed by atoms with Crippen molar-refractivity contribution < 1.29 is 4.74 Å². The van der Waals surface area contributed by atoms with Gasteiger partial charge in [-0.15, -0.1) is 24.0 Å². The summed E-state index contributed by atoms with van der Waals surface area (Å²) in [6.45, 7) is 2.73. The van der Waals surface area contributed by atoms with Gasteiger partial charge in [-0.1, -0.05) is 48.5 Å². The Labute approximate surface area is 179 Å². The van der Waals surface area contributed by atoms with Crippen LogP contribution in [0.25, 0.3) is 5.57 Å². The number of guanidine groups is 1. The molecule has 0 spiro atoms. The molecule has 0 saturated heterocycles. The molecule has 0 fully saturated rings. The predicted octanol–water partition coefficient (Wildman–Crippen LogP) is 4.22. The number of halogens is 1. The topological polar surface area (TPSA) is 36.9 Å². The fourth-order valence-electron chi connectivity index (χ4n) is 3.25. The molecule has 1 aliphatic heterocycles. The van der Waals surface area contributed by atoms with Crippen LogP contribution in [0.2, 0.25) is 0 Å². The molecule has 2 aromatic carbocycles. The van der Waals surface area contributed by atoms with Crippen molar-refractivity contribution in [3.63, 3.8) is 0 Å². The smallest absolute Gasteiger partial charge is 0.193 e. The zero-order valence-electron chi connectivity index (χ0n) is 16.0. The Balaban J connectivity index is 0.00000261. The number of rotatable bonds is 5. The summed E-state index contributed by atoms with van der Waals surface area (Å²) in [5.41, 5.74) is 4.01. The molecule has 0 atom stereocenters. The van der Waals surface area contributed by atoms with Gasteiger partial charge in [0.25, 0.3) is 0 Å². The molecular weight excluding hydrogens is 449 g/mol. The normalized spacial score (nSPS) is 14.2. The molecule has 0 aliphatic carbocycles. The largest absolute Gasteiger partial charge is 0.497 e. The fraction of sp³-hybridized carbons (Fsp3) is 0.318. The minimum atomic E-state index is 0. The van der Waals surface area contributed by atoms with E-state index in [2.05, 4.69) is 63.7 Å². The average Bonchev–Trinajstić information content (AvgIpc) is 2.72. The summed E-state index contributed by atoms with van der Waals surface area (Å²) in [6, 6.07) is 18.8. The van der Waals surface area contributed by atoms with Gasteiger partial charge in [-0.2, -0.15) is 0 Å². The Morgan fingerprint density at radius 3 is 2.63 bits per heavy atom. The highest BCUT2D eigenvalue weighted by molar-refractivity contribution is 14.0. The molecule has 1 N–H and O–H groups in total. The molecule has 0 bridgehead atoms. The maximum atomic E-state index is 5.29. The van der Waals surface area contributed by atoms with Gasteiger partial charge in [-0.3, -0.25) is 4.99 Å². The van der Waals surface area contributed by atoms with Crippen molar-refractivity contribution in [1.82, 2.24) is 10.2 Å². The number of hydrogen-bond donors (Lipinski definition) is 1. The first kappa shape index (κ1) is 21.3. The van der Waals surface area contributed by atoms with E-state index in [1.807, 2.05) is 19.2 Å². The minimum Gasteiger partial charge on any atom is -0.497 e. The first-order valence-electron chi connectivity index (χ1n) is 9.13. The van der Waals surface area contributed by atoms with Crippen LogP contribution < -0.4 is 10.1 Å². The Hall–Kier alpha value is -2.02. The van der Waals surface area contributed by atoms with Crippen LogP contribution >= 0.6 is 24.0 Å². The summed E-state index contributed by atoms with van der Waals surface area (Å²) in [5, 5.41) is 3.49. The summed E-state index contributed by atoms with van der Waals surface area (Å²) in [7, 11) is 3.55. The van der Waals surface area contributed by atoms with E-state index in [1.54, 1.807) is 7.11 Å². The van der Waals surface area contributed by atoms with Crippen LogP contribution in [0.15, 0.2) is 65.7 Å². The van der Waals surface area contributed by atoms with Crippen LogP contribution in [0.5, 0.6) is 5.75 Å². The van der Waals surface area contributed by atoms with E-state index in [-0.39, 0.29) is 24.0 Å². The number of benzene rings is 2. The maximum Gasteiger partial charge on any atom is 0.193 e. The predicted molar refractivity (Wildman–Crippen MR) is 124 cm³/mol. The second kappa shape index (κ2) is 11.0. The van der Waals surface area contributed by atoms with E-state index in [0.29, 0.717) is 0 Å². The molecule has 4 nitrogen and oxygen atoms in total. The maximum absolute atomic E-state index is 5.29. The molecule has 144 valence electrons. The van der Waals surface area contributed by atoms with E-state index >= 15 is 0 Å². The van der Waals surface area contributed by atoms with Crippen LogP contribution in [0, 0.1) is 0 Å². The van der Waals surface area contributed by atoms with Crippen molar-refractivity contribution in [2.45, 2.75) is 12.8 Å². The lowest BCUT2D eigenvalue weighted by Crippen LogP contribution is -2.44. The third-order valence-electron chi connectivity index (χ3n) is 4.70. The average molecular weight is 477 g/mol.